The molecule has 0 atom stereocenters. The third-order valence-corrected chi connectivity index (χ3v) is 2.59. The van der Waals surface area contributed by atoms with Crippen LogP contribution >= 0.6 is 0 Å². The molecule has 2 aromatic rings. The molecule has 0 saturated heterocycles. The summed E-state index contributed by atoms with van der Waals surface area (Å²) in [5.74, 6) is -0.226. The van der Waals surface area contributed by atoms with Gasteiger partial charge in [-0.1, -0.05) is 6.07 Å². The highest BCUT2D eigenvalue weighted by atomic mass is 16.2. The lowest BCUT2D eigenvalue weighted by atomic mass is 10.1. The van der Waals surface area contributed by atoms with Crippen LogP contribution in [0.3, 0.4) is 0 Å². The van der Waals surface area contributed by atoms with E-state index in [2.05, 4.69) is 15.4 Å². The normalized spacial score (nSPS) is 9.89. The van der Waals surface area contributed by atoms with E-state index >= 15 is 0 Å². The van der Waals surface area contributed by atoms with Crippen LogP contribution in [0.1, 0.15) is 11.4 Å². The molecule has 0 unspecified atom stereocenters. The number of nitrogen functional groups attached to an aromatic ring is 1. The zero-order valence-electron chi connectivity index (χ0n) is 10.3. The number of aromatic nitrogens is 3. The highest BCUT2D eigenvalue weighted by Crippen LogP contribution is 2.20. The topological polar surface area (TPSA) is 110 Å². The number of carbonyl (C=O) groups is 1. The van der Waals surface area contributed by atoms with Gasteiger partial charge in [0.2, 0.25) is 5.91 Å². The van der Waals surface area contributed by atoms with E-state index in [1.54, 1.807) is 24.3 Å². The summed E-state index contributed by atoms with van der Waals surface area (Å²) < 4.78 is 1.30. The maximum Gasteiger partial charge on any atom is 0.252 e. The smallest absolute Gasteiger partial charge is 0.252 e. The van der Waals surface area contributed by atoms with Gasteiger partial charge in [-0.25, -0.2) is 9.67 Å². The van der Waals surface area contributed by atoms with Crippen molar-refractivity contribution >= 4 is 17.3 Å². The minimum Gasteiger partial charge on any atom is -0.398 e. The van der Waals surface area contributed by atoms with Gasteiger partial charge in [0.1, 0.15) is 18.9 Å². The molecular formula is C12H12N6O. The van der Waals surface area contributed by atoms with Crippen molar-refractivity contribution in [3.05, 3.63) is 35.9 Å². The fraction of sp³-hybridized carbons (Fsp3) is 0.167. The number of nitriles is 1. The SMILES string of the molecule is Cc1c(N)cccc1NC(=O)Cn1cnc(C#N)n1. The Morgan fingerprint density at radius 2 is 2.37 bits per heavy atom. The number of nitrogens with one attached hydrogen (secondary N) is 1. The van der Waals surface area contributed by atoms with Gasteiger partial charge in [-0.05, 0) is 24.6 Å². The van der Waals surface area contributed by atoms with Gasteiger partial charge in [-0.15, -0.1) is 5.10 Å². The second-order valence-electron chi connectivity index (χ2n) is 3.95. The van der Waals surface area contributed by atoms with Crippen LogP contribution in [0.15, 0.2) is 24.5 Å². The molecule has 0 bridgehead atoms. The molecule has 0 saturated carbocycles. The van der Waals surface area contributed by atoms with Crippen LogP contribution in [0.4, 0.5) is 11.4 Å². The van der Waals surface area contributed by atoms with Crippen molar-refractivity contribution in [3.63, 3.8) is 0 Å². The molecule has 7 heteroatoms. The molecule has 0 aliphatic heterocycles. The summed E-state index contributed by atoms with van der Waals surface area (Å²) in [5, 5.41) is 15.1. The zero-order valence-corrected chi connectivity index (χ0v) is 10.3. The summed E-state index contributed by atoms with van der Waals surface area (Å²) in [4.78, 5) is 15.5. The van der Waals surface area contributed by atoms with Gasteiger partial charge in [0.15, 0.2) is 0 Å². The van der Waals surface area contributed by atoms with Gasteiger partial charge in [0, 0.05) is 11.4 Å². The minimum atomic E-state index is -0.261. The van der Waals surface area contributed by atoms with E-state index in [1.807, 2.05) is 6.92 Å². The van der Waals surface area contributed by atoms with Gasteiger partial charge >= 0.3 is 0 Å². The summed E-state index contributed by atoms with van der Waals surface area (Å²) in [6.45, 7) is 1.82. The second-order valence-corrected chi connectivity index (χ2v) is 3.95. The highest BCUT2D eigenvalue weighted by Gasteiger charge is 2.08. The van der Waals surface area contributed by atoms with Gasteiger partial charge in [-0.3, -0.25) is 4.79 Å². The fourth-order valence-electron chi connectivity index (χ4n) is 1.55. The highest BCUT2D eigenvalue weighted by molar-refractivity contribution is 5.92. The van der Waals surface area contributed by atoms with Crippen LogP contribution in [0.25, 0.3) is 0 Å². The summed E-state index contributed by atoms with van der Waals surface area (Å²) in [5.41, 5.74) is 7.84. The first-order chi connectivity index (χ1) is 9.10. The van der Waals surface area contributed by atoms with Crippen LogP contribution < -0.4 is 11.1 Å². The first-order valence-corrected chi connectivity index (χ1v) is 5.54. The Bertz CT molecular complexity index is 654. The molecule has 0 aliphatic carbocycles. The molecule has 0 aliphatic rings. The number of rotatable bonds is 3. The summed E-state index contributed by atoms with van der Waals surface area (Å²) in [6.07, 6.45) is 1.34. The molecule has 96 valence electrons. The van der Waals surface area contributed by atoms with Crippen molar-refractivity contribution in [2.75, 3.05) is 11.1 Å². The number of nitrogens with two attached hydrogens (primary N) is 1. The van der Waals surface area contributed by atoms with Crippen LogP contribution in [0.5, 0.6) is 0 Å². The van der Waals surface area contributed by atoms with E-state index in [1.165, 1.54) is 11.0 Å². The average molecular weight is 256 g/mol. The molecular weight excluding hydrogens is 244 g/mol. The average Bonchev–Trinajstić information content (AvgIpc) is 2.82. The van der Waals surface area contributed by atoms with Crippen molar-refractivity contribution in [2.45, 2.75) is 13.5 Å². The number of amides is 1. The predicted octanol–water partition coefficient (Wildman–Crippen LogP) is 0.679. The zero-order chi connectivity index (χ0) is 13.8. The van der Waals surface area contributed by atoms with Crippen molar-refractivity contribution in [2.24, 2.45) is 0 Å². The molecule has 0 radical (unpaired) electrons. The van der Waals surface area contributed by atoms with E-state index in [0.717, 1.165) is 5.56 Å². The standard InChI is InChI=1S/C12H12N6O/c1-8-9(14)3-2-4-10(8)16-12(19)6-18-7-15-11(5-13)17-18/h2-4,7H,6,14H2,1H3,(H,16,19). The van der Waals surface area contributed by atoms with E-state index in [4.69, 9.17) is 11.0 Å². The van der Waals surface area contributed by atoms with E-state index in [0.29, 0.717) is 11.4 Å². The van der Waals surface area contributed by atoms with Gasteiger partial charge in [0.25, 0.3) is 5.82 Å². The van der Waals surface area contributed by atoms with Gasteiger partial charge < -0.3 is 11.1 Å². The van der Waals surface area contributed by atoms with Crippen molar-refractivity contribution in [1.29, 1.82) is 5.26 Å². The number of hydrogen-bond acceptors (Lipinski definition) is 5. The van der Waals surface area contributed by atoms with Crippen LogP contribution in [-0.4, -0.2) is 20.7 Å². The van der Waals surface area contributed by atoms with E-state index in [9.17, 15) is 4.79 Å². The lowest BCUT2D eigenvalue weighted by Gasteiger charge is -2.09. The quantitative estimate of drug-likeness (QED) is 0.785. The molecule has 1 amide bonds. The molecule has 1 heterocycles. The van der Waals surface area contributed by atoms with Crippen molar-refractivity contribution < 1.29 is 4.79 Å². The first kappa shape index (κ1) is 12.6. The number of hydrogen-bond donors (Lipinski definition) is 2. The molecule has 0 spiro atoms. The Kier molecular flexibility index (Phi) is 3.43. The van der Waals surface area contributed by atoms with Crippen LogP contribution in [-0.2, 0) is 11.3 Å². The number of benzene rings is 1. The predicted molar refractivity (Wildman–Crippen MR) is 69.0 cm³/mol. The summed E-state index contributed by atoms with van der Waals surface area (Å²) >= 11 is 0. The maximum absolute atomic E-state index is 11.8. The minimum absolute atomic E-state index is 0.0110. The molecule has 19 heavy (non-hydrogen) atoms. The molecule has 1 aromatic heterocycles. The van der Waals surface area contributed by atoms with E-state index in [-0.39, 0.29) is 18.3 Å². The van der Waals surface area contributed by atoms with Gasteiger partial charge in [0.05, 0.1) is 0 Å². The third kappa shape index (κ3) is 2.87. The molecule has 2 rings (SSSR count). The molecule has 1 aromatic carbocycles. The van der Waals surface area contributed by atoms with Crippen LogP contribution in [0, 0.1) is 18.3 Å². The lowest BCUT2D eigenvalue weighted by Crippen LogP contribution is -2.19. The van der Waals surface area contributed by atoms with Gasteiger partial charge in [-0.2, -0.15) is 5.26 Å². The molecule has 3 N–H and O–H groups in total. The monoisotopic (exact) mass is 256 g/mol. The third-order valence-electron chi connectivity index (χ3n) is 2.59. The summed E-state index contributed by atoms with van der Waals surface area (Å²) in [6, 6.07) is 7.10. The number of nitrogens with zero attached hydrogens (tertiary/aromatic N) is 4. The van der Waals surface area contributed by atoms with Crippen LogP contribution in [0.2, 0.25) is 0 Å². The Hall–Kier alpha value is -2.88. The largest absolute Gasteiger partial charge is 0.398 e. The molecule has 0 fully saturated rings. The van der Waals surface area contributed by atoms with Crippen molar-refractivity contribution in [1.82, 2.24) is 14.8 Å². The van der Waals surface area contributed by atoms with Crippen molar-refractivity contribution in [3.8, 4) is 6.07 Å². The second kappa shape index (κ2) is 5.18. The fourth-order valence-corrected chi connectivity index (χ4v) is 1.55. The summed E-state index contributed by atoms with van der Waals surface area (Å²) in [7, 11) is 0. The first-order valence-electron chi connectivity index (χ1n) is 5.54. The number of carbonyl (C=O) groups excluding carboxylic acids is 1. The van der Waals surface area contributed by atoms with E-state index < -0.39 is 0 Å². The lowest BCUT2D eigenvalue weighted by molar-refractivity contribution is -0.116. The Labute approximate surface area is 109 Å². The Balaban J connectivity index is 2.05. The Morgan fingerprint density at radius 1 is 1.58 bits per heavy atom. The maximum atomic E-state index is 11.8. The molecule has 7 nitrogen and oxygen atoms in total. The number of anilines is 2. The Morgan fingerprint density at radius 3 is 3.05 bits per heavy atom.